The standard InChI is InChI=1S/C8H9F2/c9-6-5-7-1-3-8(10)4-2-7/h1,3-4H,2,5-6H2. The zero-order valence-electron chi connectivity index (χ0n) is 5.61. The summed E-state index contributed by atoms with van der Waals surface area (Å²) >= 11 is 0. The smallest absolute Gasteiger partial charge is 0.118 e. The summed E-state index contributed by atoms with van der Waals surface area (Å²) in [6.45, 7) is -0.352. The van der Waals surface area contributed by atoms with Gasteiger partial charge in [0, 0.05) is 5.92 Å². The topological polar surface area (TPSA) is 0 Å². The fourth-order valence-electron chi connectivity index (χ4n) is 0.869. The van der Waals surface area contributed by atoms with Crippen LogP contribution in [-0.2, 0) is 0 Å². The fraction of sp³-hybridized carbons (Fsp3) is 0.375. The second-order valence-corrected chi connectivity index (χ2v) is 2.22. The Morgan fingerprint density at radius 1 is 1.40 bits per heavy atom. The first-order valence-corrected chi connectivity index (χ1v) is 3.27. The molecule has 10 heavy (non-hydrogen) atoms. The van der Waals surface area contributed by atoms with E-state index >= 15 is 0 Å². The Bertz CT molecular complexity index is 159. The van der Waals surface area contributed by atoms with Crippen LogP contribution in [0.1, 0.15) is 12.8 Å². The van der Waals surface area contributed by atoms with Crippen LogP contribution in [0, 0.1) is 5.92 Å². The van der Waals surface area contributed by atoms with Crippen LogP contribution in [-0.4, -0.2) is 6.67 Å². The van der Waals surface area contributed by atoms with Gasteiger partial charge in [0.25, 0.3) is 0 Å². The van der Waals surface area contributed by atoms with E-state index in [9.17, 15) is 8.78 Å². The molecule has 1 aliphatic rings. The highest BCUT2D eigenvalue weighted by molar-refractivity contribution is 5.27. The lowest BCUT2D eigenvalue weighted by Gasteiger charge is -2.09. The first-order valence-electron chi connectivity index (χ1n) is 3.27. The minimum Gasteiger partial charge on any atom is -0.251 e. The maximum atomic E-state index is 12.3. The van der Waals surface area contributed by atoms with E-state index < -0.39 is 0 Å². The lowest BCUT2D eigenvalue weighted by molar-refractivity contribution is 0.479. The van der Waals surface area contributed by atoms with Gasteiger partial charge < -0.3 is 0 Å². The van der Waals surface area contributed by atoms with Crippen LogP contribution >= 0.6 is 0 Å². The van der Waals surface area contributed by atoms with Gasteiger partial charge in [-0.1, -0.05) is 6.08 Å². The summed E-state index contributed by atoms with van der Waals surface area (Å²) in [7, 11) is 0. The number of halogens is 2. The van der Waals surface area contributed by atoms with E-state index in [1.165, 1.54) is 12.2 Å². The van der Waals surface area contributed by atoms with Crippen LogP contribution in [0.5, 0.6) is 0 Å². The van der Waals surface area contributed by atoms with Gasteiger partial charge in [-0.15, -0.1) is 0 Å². The van der Waals surface area contributed by atoms with Gasteiger partial charge in [0.2, 0.25) is 0 Å². The predicted molar refractivity (Wildman–Crippen MR) is 36.8 cm³/mol. The Kier molecular flexibility index (Phi) is 2.60. The van der Waals surface area contributed by atoms with Crippen LogP contribution in [0.25, 0.3) is 0 Å². The third-order valence-corrected chi connectivity index (χ3v) is 1.45. The summed E-state index contributed by atoms with van der Waals surface area (Å²) in [5.41, 5.74) is 0. The van der Waals surface area contributed by atoms with Crippen molar-refractivity contribution in [1.82, 2.24) is 0 Å². The van der Waals surface area contributed by atoms with Crippen molar-refractivity contribution in [3.05, 3.63) is 30.0 Å². The highest BCUT2D eigenvalue weighted by Crippen LogP contribution is 2.21. The molecule has 0 heterocycles. The Balaban J connectivity index is 2.37. The molecule has 0 saturated heterocycles. The molecule has 55 valence electrons. The van der Waals surface area contributed by atoms with Gasteiger partial charge in [-0.05, 0) is 25.0 Å². The second kappa shape index (κ2) is 3.49. The lowest BCUT2D eigenvalue weighted by Crippen LogP contribution is -1.96. The Morgan fingerprint density at radius 3 is 2.70 bits per heavy atom. The van der Waals surface area contributed by atoms with Crippen molar-refractivity contribution in [3.63, 3.8) is 0 Å². The monoisotopic (exact) mass is 143 g/mol. The SMILES string of the molecule is FCC[C]1C=CC(F)=CC1. The van der Waals surface area contributed by atoms with Crippen molar-refractivity contribution in [1.29, 1.82) is 0 Å². The zero-order chi connectivity index (χ0) is 7.40. The summed E-state index contributed by atoms with van der Waals surface area (Å²) in [4.78, 5) is 0. The third-order valence-electron chi connectivity index (χ3n) is 1.45. The summed E-state index contributed by atoms with van der Waals surface area (Å²) in [5, 5.41) is 0. The minimum atomic E-state index is -0.352. The van der Waals surface area contributed by atoms with Crippen LogP contribution in [0.15, 0.2) is 24.1 Å². The van der Waals surface area contributed by atoms with Crippen molar-refractivity contribution < 1.29 is 8.78 Å². The van der Waals surface area contributed by atoms with Crippen molar-refractivity contribution in [2.75, 3.05) is 6.67 Å². The molecule has 1 radical (unpaired) electrons. The van der Waals surface area contributed by atoms with Gasteiger partial charge >= 0.3 is 0 Å². The van der Waals surface area contributed by atoms with Crippen LogP contribution in [0.4, 0.5) is 8.78 Å². The summed E-state index contributed by atoms with van der Waals surface area (Å²) in [5.74, 6) is 0.742. The summed E-state index contributed by atoms with van der Waals surface area (Å²) in [6, 6.07) is 0. The molecule has 0 aromatic carbocycles. The minimum absolute atomic E-state index is 0.220. The maximum Gasteiger partial charge on any atom is 0.118 e. The van der Waals surface area contributed by atoms with E-state index in [0.717, 1.165) is 5.92 Å². The number of allylic oxidation sites excluding steroid dienone is 4. The normalized spacial score (nSPS) is 19.2. The average Bonchev–Trinajstić information content (AvgIpc) is 1.95. The molecule has 0 unspecified atom stereocenters. The van der Waals surface area contributed by atoms with Gasteiger partial charge in [-0.2, -0.15) is 0 Å². The summed E-state index contributed by atoms with van der Waals surface area (Å²) in [6.07, 6.45) is 5.47. The number of alkyl halides is 1. The molecular formula is C8H9F2. The molecule has 0 spiro atoms. The molecule has 2 heteroatoms. The number of hydrogen-bond donors (Lipinski definition) is 0. The van der Waals surface area contributed by atoms with Crippen molar-refractivity contribution in [2.45, 2.75) is 12.8 Å². The predicted octanol–water partition coefficient (Wildman–Crippen LogP) is 2.73. The highest BCUT2D eigenvalue weighted by atomic mass is 19.1. The highest BCUT2D eigenvalue weighted by Gasteiger charge is 2.07. The second-order valence-electron chi connectivity index (χ2n) is 2.22. The fourth-order valence-corrected chi connectivity index (χ4v) is 0.869. The molecule has 0 N–H and O–H groups in total. The quantitative estimate of drug-likeness (QED) is 0.557. The molecule has 0 bridgehead atoms. The van der Waals surface area contributed by atoms with Gasteiger partial charge in [0.15, 0.2) is 0 Å². The largest absolute Gasteiger partial charge is 0.251 e. The lowest BCUT2D eigenvalue weighted by atomic mass is 9.98. The molecule has 0 nitrogen and oxygen atoms in total. The van der Waals surface area contributed by atoms with Gasteiger partial charge in [-0.25, -0.2) is 4.39 Å². The molecule has 0 aromatic heterocycles. The van der Waals surface area contributed by atoms with E-state index in [-0.39, 0.29) is 12.5 Å². The Morgan fingerprint density at radius 2 is 2.20 bits per heavy atom. The molecule has 0 atom stereocenters. The first kappa shape index (κ1) is 7.45. The maximum absolute atomic E-state index is 12.3. The van der Waals surface area contributed by atoms with Crippen LogP contribution in [0.3, 0.4) is 0 Å². The van der Waals surface area contributed by atoms with Crippen LogP contribution < -0.4 is 0 Å². The molecule has 0 saturated carbocycles. The van der Waals surface area contributed by atoms with E-state index in [1.54, 1.807) is 6.08 Å². The Labute approximate surface area is 59.2 Å². The van der Waals surface area contributed by atoms with Gasteiger partial charge in [0.1, 0.15) is 5.83 Å². The van der Waals surface area contributed by atoms with Crippen molar-refractivity contribution >= 4 is 0 Å². The molecule has 0 aromatic rings. The van der Waals surface area contributed by atoms with E-state index in [1.807, 2.05) is 0 Å². The first-order chi connectivity index (χ1) is 4.83. The number of hydrogen-bond acceptors (Lipinski definition) is 0. The summed E-state index contributed by atoms with van der Waals surface area (Å²) < 4.78 is 24.0. The molecule has 0 aliphatic heterocycles. The van der Waals surface area contributed by atoms with Crippen molar-refractivity contribution in [2.24, 2.45) is 0 Å². The third kappa shape index (κ3) is 1.94. The van der Waals surface area contributed by atoms with Crippen LogP contribution in [0.2, 0.25) is 0 Å². The molecule has 0 amide bonds. The zero-order valence-corrected chi connectivity index (χ0v) is 5.61. The molecule has 0 fully saturated rings. The Hall–Kier alpha value is -0.660. The van der Waals surface area contributed by atoms with E-state index in [4.69, 9.17) is 0 Å². The van der Waals surface area contributed by atoms with Gasteiger partial charge in [-0.3, -0.25) is 4.39 Å². The average molecular weight is 143 g/mol. The molecule has 1 aliphatic carbocycles. The van der Waals surface area contributed by atoms with Gasteiger partial charge in [0.05, 0.1) is 6.67 Å². The van der Waals surface area contributed by atoms with E-state index in [2.05, 4.69) is 0 Å². The number of rotatable bonds is 2. The van der Waals surface area contributed by atoms with Crippen molar-refractivity contribution in [3.8, 4) is 0 Å². The molecule has 1 rings (SSSR count). The molecular weight excluding hydrogens is 134 g/mol. The van der Waals surface area contributed by atoms with E-state index in [0.29, 0.717) is 12.8 Å².